The number of nitrogens with zero attached hydrogens (tertiary/aromatic N) is 1. The Morgan fingerprint density at radius 1 is 1.15 bits per heavy atom. The van der Waals surface area contributed by atoms with Gasteiger partial charge in [-0.2, -0.15) is 5.26 Å². The number of alkyl halides is 2. The quantitative estimate of drug-likeness (QED) is 0.561. The highest BCUT2D eigenvalue weighted by Crippen LogP contribution is 2.28. The van der Waals surface area contributed by atoms with E-state index >= 15 is 0 Å². The second-order valence-corrected chi connectivity index (χ2v) is 5.95. The minimum absolute atomic E-state index is 0.0904. The van der Waals surface area contributed by atoms with E-state index in [-0.39, 0.29) is 5.56 Å². The number of nitriles is 1. The van der Waals surface area contributed by atoms with Crippen molar-refractivity contribution in [1.29, 1.82) is 5.26 Å². The summed E-state index contributed by atoms with van der Waals surface area (Å²) in [6.07, 6.45) is 3.12. The van der Waals surface area contributed by atoms with Crippen LogP contribution in [0.5, 0.6) is 0 Å². The highest BCUT2D eigenvalue weighted by molar-refractivity contribution is 5.74. The molecule has 0 amide bonds. The van der Waals surface area contributed by atoms with Gasteiger partial charge in [-0.05, 0) is 35.8 Å². The summed E-state index contributed by atoms with van der Waals surface area (Å²) in [5, 5.41) is 11.8. The average Bonchev–Trinajstić information content (AvgIpc) is 2.61. The van der Waals surface area contributed by atoms with E-state index in [4.69, 9.17) is 5.26 Å². The van der Waals surface area contributed by atoms with Crippen molar-refractivity contribution in [2.45, 2.75) is 19.8 Å². The Balaban J connectivity index is 2.31. The number of allylic oxidation sites excluding steroid dienone is 2. The molecule has 134 valence electrons. The maximum absolute atomic E-state index is 14.4. The molecule has 0 aromatic heterocycles. The van der Waals surface area contributed by atoms with Gasteiger partial charge in [-0.1, -0.05) is 42.5 Å². The van der Waals surface area contributed by atoms with E-state index in [0.717, 1.165) is 6.92 Å². The zero-order valence-electron chi connectivity index (χ0n) is 14.8. The first-order valence-corrected chi connectivity index (χ1v) is 8.01. The number of hydrogen-bond acceptors (Lipinski definition) is 2. The number of nitrogens with one attached hydrogen (secondary N) is 1. The summed E-state index contributed by atoms with van der Waals surface area (Å²) in [4.78, 5) is 0. The summed E-state index contributed by atoms with van der Waals surface area (Å²) in [6, 6.07) is 12.6. The molecule has 0 unspecified atom stereocenters. The lowest BCUT2D eigenvalue weighted by Gasteiger charge is -2.10. The van der Waals surface area contributed by atoms with Crippen molar-refractivity contribution in [1.82, 2.24) is 5.32 Å². The predicted octanol–water partition coefficient (Wildman–Crippen LogP) is 5.58. The van der Waals surface area contributed by atoms with Gasteiger partial charge in [0.1, 0.15) is 17.6 Å². The van der Waals surface area contributed by atoms with Crippen LogP contribution in [0.25, 0.3) is 17.7 Å². The van der Waals surface area contributed by atoms with Crippen molar-refractivity contribution in [3.63, 3.8) is 0 Å². The van der Waals surface area contributed by atoms with Crippen LogP contribution in [0.2, 0.25) is 0 Å². The molecular weight excluding hydrogens is 337 g/mol. The third-order valence-corrected chi connectivity index (χ3v) is 4.02. The largest absolute Gasteiger partial charge is 0.379 e. The third-order valence-electron chi connectivity index (χ3n) is 4.02. The van der Waals surface area contributed by atoms with Gasteiger partial charge < -0.3 is 5.32 Å². The van der Waals surface area contributed by atoms with Crippen LogP contribution < -0.4 is 5.32 Å². The van der Waals surface area contributed by atoms with E-state index in [1.54, 1.807) is 44.3 Å². The fraction of sp³-hybridized carbons (Fsp3) is 0.190. The van der Waals surface area contributed by atoms with Crippen LogP contribution in [-0.2, 0) is 5.92 Å². The molecule has 0 fully saturated rings. The molecule has 0 heterocycles. The van der Waals surface area contributed by atoms with Crippen LogP contribution in [0.1, 0.15) is 36.1 Å². The molecule has 0 atom stereocenters. The van der Waals surface area contributed by atoms with Gasteiger partial charge in [0.2, 0.25) is 0 Å². The fourth-order valence-corrected chi connectivity index (χ4v) is 2.47. The molecule has 0 aliphatic heterocycles. The molecule has 0 radical (unpaired) electrons. The van der Waals surface area contributed by atoms with E-state index < -0.39 is 11.7 Å². The molecule has 0 aliphatic carbocycles. The van der Waals surface area contributed by atoms with Crippen molar-refractivity contribution < 1.29 is 13.2 Å². The molecule has 5 heteroatoms. The zero-order chi connectivity index (χ0) is 19.3. The van der Waals surface area contributed by atoms with Crippen LogP contribution in [0, 0.1) is 17.1 Å². The van der Waals surface area contributed by atoms with Crippen molar-refractivity contribution in [2.24, 2.45) is 0 Å². The van der Waals surface area contributed by atoms with Gasteiger partial charge in [-0.15, -0.1) is 0 Å². The summed E-state index contributed by atoms with van der Waals surface area (Å²) in [5.74, 6) is -3.38. The number of benzene rings is 2. The molecule has 1 N–H and O–H groups in total. The Kier molecular flexibility index (Phi) is 5.89. The second kappa shape index (κ2) is 7.92. The molecular formula is C21H19F3N2. The normalized spacial score (nSPS) is 12.7. The highest BCUT2D eigenvalue weighted by Gasteiger charge is 2.23. The standard InChI is InChI=1S/C21H19F3N2/c1-14(20(13-25)26-3)17-10-9-16(19(22)12-17)8-7-15-5-4-6-18(11-15)21(2,23)24/h4-12,26H,1-3H3/b8-7+,20-14+. The van der Waals surface area contributed by atoms with Crippen LogP contribution in [-0.4, -0.2) is 7.05 Å². The molecule has 0 bridgehead atoms. The minimum Gasteiger partial charge on any atom is -0.379 e. The average molecular weight is 356 g/mol. The molecule has 0 spiro atoms. The van der Waals surface area contributed by atoms with Gasteiger partial charge in [-0.25, -0.2) is 13.2 Å². The first kappa shape index (κ1) is 19.3. The van der Waals surface area contributed by atoms with Crippen LogP contribution >= 0.6 is 0 Å². The lowest BCUT2D eigenvalue weighted by molar-refractivity contribution is 0.0174. The zero-order valence-corrected chi connectivity index (χ0v) is 14.8. The number of halogens is 3. The maximum Gasteiger partial charge on any atom is 0.270 e. The number of hydrogen-bond donors (Lipinski definition) is 1. The summed E-state index contributed by atoms with van der Waals surface area (Å²) in [6.45, 7) is 2.57. The topological polar surface area (TPSA) is 35.8 Å². The second-order valence-electron chi connectivity index (χ2n) is 5.95. The van der Waals surface area contributed by atoms with Crippen molar-refractivity contribution in [3.8, 4) is 6.07 Å². The first-order chi connectivity index (χ1) is 12.3. The van der Waals surface area contributed by atoms with Crippen molar-refractivity contribution >= 4 is 17.7 Å². The van der Waals surface area contributed by atoms with Crippen LogP contribution in [0.3, 0.4) is 0 Å². The molecule has 26 heavy (non-hydrogen) atoms. The Labute approximate surface area is 151 Å². The van der Waals surface area contributed by atoms with Gasteiger partial charge in [-0.3, -0.25) is 0 Å². The van der Waals surface area contributed by atoms with E-state index in [2.05, 4.69) is 5.32 Å². The molecule has 0 aliphatic rings. The van der Waals surface area contributed by atoms with Crippen molar-refractivity contribution in [3.05, 3.63) is 76.2 Å². The summed E-state index contributed by atoms with van der Waals surface area (Å²) >= 11 is 0. The summed E-state index contributed by atoms with van der Waals surface area (Å²) in [5.41, 5.74) is 2.40. The van der Waals surface area contributed by atoms with Gasteiger partial charge >= 0.3 is 0 Å². The van der Waals surface area contributed by atoms with E-state index in [1.807, 2.05) is 6.07 Å². The van der Waals surface area contributed by atoms with Gasteiger partial charge in [0.15, 0.2) is 0 Å². The lowest BCUT2D eigenvalue weighted by atomic mass is 10.0. The third kappa shape index (κ3) is 4.54. The fourth-order valence-electron chi connectivity index (χ4n) is 2.47. The first-order valence-electron chi connectivity index (χ1n) is 8.01. The van der Waals surface area contributed by atoms with E-state index in [1.165, 1.54) is 24.3 Å². The van der Waals surface area contributed by atoms with E-state index in [9.17, 15) is 13.2 Å². The molecule has 0 saturated carbocycles. The Bertz CT molecular complexity index is 900. The van der Waals surface area contributed by atoms with Crippen LogP contribution in [0.4, 0.5) is 13.2 Å². The molecule has 2 rings (SSSR count). The maximum atomic E-state index is 14.4. The van der Waals surface area contributed by atoms with Gasteiger partial charge in [0, 0.05) is 25.1 Å². The molecule has 2 aromatic rings. The van der Waals surface area contributed by atoms with Crippen LogP contribution in [0.15, 0.2) is 48.2 Å². The summed E-state index contributed by atoms with van der Waals surface area (Å²) < 4.78 is 41.1. The summed E-state index contributed by atoms with van der Waals surface area (Å²) in [7, 11) is 1.63. The predicted molar refractivity (Wildman–Crippen MR) is 98.6 cm³/mol. The van der Waals surface area contributed by atoms with Gasteiger partial charge in [0.25, 0.3) is 5.92 Å². The van der Waals surface area contributed by atoms with Gasteiger partial charge in [0.05, 0.1) is 0 Å². The molecule has 0 saturated heterocycles. The Hall–Kier alpha value is -3.00. The number of rotatable bonds is 5. The smallest absolute Gasteiger partial charge is 0.270 e. The van der Waals surface area contributed by atoms with E-state index in [0.29, 0.717) is 28.0 Å². The molecule has 2 nitrogen and oxygen atoms in total. The Morgan fingerprint density at radius 3 is 2.46 bits per heavy atom. The monoisotopic (exact) mass is 356 g/mol. The lowest BCUT2D eigenvalue weighted by Crippen LogP contribution is -2.06. The SMILES string of the molecule is CN/C(C#N)=C(\C)c1ccc(/C=C/c2cccc(C(C)(F)F)c2)c(F)c1. The Morgan fingerprint density at radius 2 is 1.88 bits per heavy atom. The minimum atomic E-state index is -2.92. The van der Waals surface area contributed by atoms with Crippen molar-refractivity contribution in [2.75, 3.05) is 7.05 Å². The highest BCUT2D eigenvalue weighted by atomic mass is 19.3. The molecule has 2 aromatic carbocycles.